The van der Waals surface area contributed by atoms with Gasteiger partial charge in [-0.25, -0.2) is 4.79 Å². The number of hydrogen-bond acceptors (Lipinski definition) is 4. The lowest BCUT2D eigenvalue weighted by Gasteiger charge is -2.08. The fraction of sp³-hybridized carbons (Fsp3) is 0.455. The maximum atomic E-state index is 11.1. The van der Waals surface area contributed by atoms with Gasteiger partial charge in [0.2, 0.25) is 0 Å². The lowest BCUT2D eigenvalue weighted by molar-refractivity contribution is -0.153. The Morgan fingerprint density at radius 1 is 1.53 bits per heavy atom. The molecule has 0 saturated heterocycles. The molecule has 82 valence electrons. The zero-order valence-corrected chi connectivity index (χ0v) is 8.97. The first-order valence-electron chi connectivity index (χ1n) is 4.84. The summed E-state index contributed by atoms with van der Waals surface area (Å²) in [5.74, 6) is -0.339. The van der Waals surface area contributed by atoms with Crippen molar-refractivity contribution >= 4 is 5.97 Å². The van der Waals surface area contributed by atoms with Crippen LogP contribution in [0.3, 0.4) is 0 Å². The highest BCUT2D eigenvalue weighted by Crippen LogP contribution is 1.98. The molecule has 0 spiro atoms. The maximum Gasteiger partial charge on any atom is 0.332 e. The van der Waals surface area contributed by atoms with Gasteiger partial charge in [0.15, 0.2) is 0 Å². The molecule has 0 unspecified atom stereocenters. The van der Waals surface area contributed by atoms with Crippen LogP contribution in [-0.4, -0.2) is 23.7 Å². The molecular formula is C11H15NO3. The largest absolute Gasteiger partial charge is 0.461 e. The summed E-state index contributed by atoms with van der Waals surface area (Å²) in [4.78, 5) is 15.0. The van der Waals surface area contributed by atoms with Gasteiger partial charge in [0.05, 0.1) is 12.7 Å². The van der Waals surface area contributed by atoms with Crippen LogP contribution in [0.5, 0.6) is 0 Å². The van der Waals surface area contributed by atoms with E-state index in [1.54, 1.807) is 26.2 Å². The van der Waals surface area contributed by atoms with Gasteiger partial charge in [-0.2, -0.15) is 0 Å². The molecule has 4 nitrogen and oxygen atoms in total. The van der Waals surface area contributed by atoms with Crippen LogP contribution in [0.4, 0.5) is 0 Å². The van der Waals surface area contributed by atoms with E-state index in [-0.39, 0.29) is 18.7 Å². The normalized spacial score (nSPS) is 10.3. The molecule has 4 heteroatoms. The third-order valence-corrected chi connectivity index (χ3v) is 1.58. The molecule has 1 heterocycles. The van der Waals surface area contributed by atoms with E-state index in [9.17, 15) is 4.79 Å². The average molecular weight is 209 g/mol. The molecule has 0 aliphatic carbocycles. The van der Waals surface area contributed by atoms with Gasteiger partial charge in [-0.05, 0) is 25.5 Å². The smallest absolute Gasteiger partial charge is 0.332 e. The molecule has 1 aromatic rings. The predicted octanol–water partition coefficient (Wildman–Crippen LogP) is 1.55. The number of rotatable bonds is 5. The minimum absolute atomic E-state index is 0.0208. The summed E-state index contributed by atoms with van der Waals surface area (Å²) in [6, 6.07) is 3.71. The zero-order chi connectivity index (χ0) is 11.1. The molecule has 0 bridgehead atoms. The monoisotopic (exact) mass is 209 g/mol. The minimum Gasteiger partial charge on any atom is -0.461 e. The number of aromatic nitrogens is 1. The van der Waals surface area contributed by atoms with E-state index < -0.39 is 0 Å². The second-order valence-corrected chi connectivity index (χ2v) is 3.39. The molecule has 0 saturated carbocycles. The number of hydrogen-bond donors (Lipinski definition) is 0. The SMILES string of the molecule is CC(C)OC(=O)COCc1cccnc1. The number of carbonyl (C=O) groups excluding carboxylic acids is 1. The van der Waals surface area contributed by atoms with Crippen molar-refractivity contribution in [2.45, 2.75) is 26.6 Å². The fourth-order valence-electron chi connectivity index (χ4n) is 1.03. The Hall–Kier alpha value is -1.42. The molecule has 0 amide bonds. The first kappa shape index (κ1) is 11.7. The van der Waals surface area contributed by atoms with Crippen LogP contribution in [0, 0.1) is 0 Å². The first-order chi connectivity index (χ1) is 7.18. The van der Waals surface area contributed by atoms with E-state index >= 15 is 0 Å². The van der Waals surface area contributed by atoms with Gasteiger partial charge in [0, 0.05) is 12.4 Å². The molecule has 0 N–H and O–H groups in total. The van der Waals surface area contributed by atoms with E-state index in [0.717, 1.165) is 5.56 Å². The molecule has 0 atom stereocenters. The Bertz CT molecular complexity index is 298. The van der Waals surface area contributed by atoms with E-state index in [1.807, 2.05) is 12.1 Å². The Morgan fingerprint density at radius 3 is 2.93 bits per heavy atom. The number of carbonyl (C=O) groups is 1. The second kappa shape index (κ2) is 6.14. The Morgan fingerprint density at radius 2 is 2.33 bits per heavy atom. The van der Waals surface area contributed by atoms with Crippen LogP contribution in [0.25, 0.3) is 0 Å². The standard InChI is InChI=1S/C11H15NO3/c1-9(2)15-11(13)8-14-7-10-4-3-5-12-6-10/h3-6,9H,7-8H2,1-2H3. The number of esters is 1. The Labute approximate surface area is 89.2 Å². The number of nitrogens with zero attached hydrogens (tertiary/aromatic N) is 1. The van der Waals surface area contributed by atoms with Gasteiger partial charge in [-0.3, -0.25) is 4.98 Å². The van der Waals surface area contributed by atoms with Gasteiger partial charge in [-0.1, -0.05) is 6.07 Å². The minimum atomic E-state index is -0.339. The molecule has 15 heavy (non-hydrogen) atoms. The van der Waals surface area contributed by atoms with Crippen LogP contribution >= 0.6 is 0 Å². The summed E-state index contributed by atoms with van der Waals surface area (Å²) in [6.45, 7) is 3.96. The van der Waals surface area contributed by atoms with Crippen molar-refractivity contribution in [3.05, 3.63) is 30.1 Å². The van der Waals surface area contributed by atoms with Crippen LogP contribution < -0.4 is 0 Å². The quantitative estimate of drug-likeness (QED) is 0.690. The fourth-order valence-corrected chi connectivity index (χ4v) is 1.03. The molecule has 0 aromatic carbocycles. The number of ether oxygens (including phenoxy) is 2. The van der Waals surface area contributed by atoms with Crippen LogP contribution in [-0.2, 0) is 20.9 Å². The lowest BCUT2D eigenvalue weighted by Crippen LogP contribution is -2.16. The predicted molar refractivity (Wildman–Crippen MR) is 55.1 cm³/mol. The van der Waals surface area contributed by atoms with Crippen LogP contribution in [0.2, 0.25) is 0 Å². The highest BCUT2D eigenvalue weighted by molar-refractivity contribution is 5.70. The van der Waals surface area contributed by atoms with Crippen molar-refractivity contribution in [1.82, 2.24) is 4.98 Å². The van der Waals surface area contributed by atoms with Crippen molar-refractivity contribution in [3.8, 4) is 0 Å². The van der Waals surface area contributed by atoms with Gasteiger partial charge >= 0.3 is 5.97 Å². The summed E-state index contributed by atoms with van der Waals surface area (Å²) in [6.07, 6.45) is 3.30. The lowest BCUT2D eigenvalue weighted by atomic mass is 10.3. The Balaban J connectivity index is 2.19. The molecule has 1 rings (SSSR count). The summed E-state index contributed by atoms with van der Waals surface area (Å²) >= 11 is 0. The van der Waals surface area contributed by atoms with E-state index in [2.05, 4.69) is 4.98 Å². The average Bonchev–Trinajstić information content (AvgIpc) is 2.18. The van der Waals surface area contributed by atoms with Crippen LogP contribution in [0.15, 0.2) is 24.5 Å². The van der Waals surface area contributed by atoms with E-state index in [4.69, 9.17) is 9.47 Å². The van der Waals surface area contributed by atoms with Gasteiger partial charge < -0.3 is 9.47 Å². The molecule has 0 radical (unpaired) electrons. The van der Waals surface area contributed by atoms with Crippen molar-refractivity contribution in [2.75, 3.05) is 6.61 Å². The topological polar surface area (TPSA) is 48.4 Å². The maximum absolute atomic E-state index is 11.1. The van der Waals surface area contributed by atoms with E-state index in [0.29, 0.717) is 6.61 Å². The highest BCUT2D eigenvalue weighted by atomic mass is 16.6. The molecular weight excluding hydrogens is 194 g/mol. The third kappa shape index (κ3) is 5.12. The third-order valence-electron chi connectivity index (χ3n) is 1.58. The van der Waals surface area contributed by atoms with Crippen molar-refractivity contribution < 1.29 is 14.3 Å². The molecule has 0 fully saturated rings. The first-order valence-corrected chi connectivity index (χ1v) is 4.84. The molecule has 0 aliphatic rings. The summed E-state index contributed by atoms with van der Waals surface area (Å²) in [7, 11) is 0. The highest BCUT2D eigenvalue weighted by Gasteiger charge is 2.05. The van der Waals surface area contributed by atoms with E-state index in [1.165, 1.54) is 0 Å². The summed E-state index contributed by atoms with van der Waals surface area (Å²) in [5, 5.41) is 0. The summed E-state index contributed by atoms with van der Waals surface area (Å²) < 4.78 is 10.1. The van der Waals surface area contributed by atoms with Crippen molar-refractivity contribution in [1.29, 1.82) is 0 Å². The molecule has 1 aromatic heterocycles. The summed E-state index contributed by atoms with van der Waals surface area (Å²) in [5.41, 5.74) is 0.940. The van der Waals surface area contributed by atoms with Crippen molar-refractivity contribution in [2.24, 2.45) is 0 Å². The molecule has 0 aliphatic heterocycles. The number of pyridine rings is 1. The van der Waals surface area contributed by atoms with Crippen LogP contribution in [0.1, 0.15) is 19.4 Å². The Kier molecular flexibility index (Phi) is 4.77. The second-order valence-electron chi connectivity index (χ2n) is 3.39. The van der Waals surface area contributed by atoms with Gasteiger partial charge in [-0.15, -0.1) is 0 Å². The van der Waals surface area contributed by atoms with Gasteiger partial charge in [0.25, 0.3) is 0 Å². The zero-order valence-electron chi connectivity index (χ0n) is 8.97. The van der Waals surface area contributed by atoms with Gasteiger partial charge in [0.1, 0.15) is 6.61 Å². The van der Waals surface area contributed by atoms with Crippen molar-refractivity contribution in [3.63, 3.8) is 0 Å².